The summed E-state index contributed by atoms with van der Waals surface area (Å²) in [6.07, 6.45) is 1.22. The van der Waals surface area contributed by atoms with Gasteiger partial charge < -0.3 is 9.84 Å². The Morgan fingerprint density at radius 1 is 1.50 bits per heavy atom. The van der Waals surface area contributed by atoms with E-state index in [0.29, 0.717) is 17.1 Å². The molecule has 1 heterocycles. The Kier molecular flexibility index (Phi) is 1.21. The van der Waals surface area contributed by atoms with Crippen molar-refractivity contribution in [3.63, 3.8) is 0 Å². The predicted molar refractivity (Wildman–Crippen MR) is 42.7 cm³/mol. The van der Waals surface area contributed by atoms with Crippen LogP contribution in [0.1, 0.15) is 10.4 Å². The van der Waals surface area contributed by atoms with Crippen LogP contribution in [0.3, 0.4) is 0 Å². The Labute approximate surface area is 68.9 Å². The average Bonchev–Trinajstić information content (AvgIpc) is 2.84. The van der Waals surface area contributed by atoms with Crippen molar-refractivity contribution in [2.75, 3.05) is 0 Å². The fraction of sp³-hybridized carbons (Fsp3) is 0. The maximum absolute atomic E-state index is 11.1. The first-order chi connectivity index (χ1) is 5.74. The monoisotopic (exact) mass is 162 g/mol. The van der Waals surface area contributed by atoms with Gasteiger partial charge in [-0.3, -0.25) is 4.79 Å². The van der Waals surface area contributed by atoms with Gasteiger partial charge in [0, 0.05) is 0 Å². The molecule has 1 aromatic carbocycles. The largest absolute Gasteiger partial charge is 0.504 e. The highest BCUT2D eigenvalue weighted by Gasteiger charge is 2.30. The SMILES string of the molecule is C=CC(=O)c1ccc(O)c2c1O2. The molecule has 1 aliphatic rings. The fourth-order valence-corrected chi connectivity index (χ4v) is 1.04. The molecule has 3 nitrogen and oxygen atoms in total. The maximum atomic E-state index is 11.1. The van der Waals surface area contributed by atoms with Crippen molar-refractivity contribution in [2.24, 2.45) is 0 Å². The minimum Gasteiger partial charge on any atom is -0.504 e. The van der Waals surface area contributed by atoms with E-state index < -0.39 is 0 Å². The number of ether oxygens (including phenoxy) is 1. The molecule has 0 bridgehead atoms. The summed E-state index contributed by atoms with van der Waals surface area (Å²) < 4.78 is 4.90. The molecule has 1 N–H and O–H groups in total. The molecule has 0 atom stereocenters. The number of phenolic OH excluding ortho intramolecular Hbond substituents is 1. The van der Waals surface area contributed by atoms with Gasteiger partial charge in [-0.1, -0.05) is 6.58 Å². The Hall–Kier alpha value is -1.77. The van der Waals surface area contributed by atoms with Crippen molar-refractivity contribution in [1.29, 1.82) is 0 Å². The first kappa shape index (κ1) is 6.91. The molecule has 0 spiro atoms. The molecular weight excluding hydrogens is 156 g/mol. The highest BCUT2D eigenvalue weighted by Crippen LogP contribution is 2.54. The molecule has 60 valence electrons. The molecule has 0 amide bonds. The summed E-state index contributed by atoms with van der Waals surface area (Å²) in [5.41, 5.74) is 0.456. The van der Waals surface area contributed by atoms with Crippen LogP contribution in [0.15, 0.2) is 24.8 Å². The molecule has 2 rings (SSSR count). The quantitative estimate of drug-likeness (QED) is 0.416. The molecule has 0 radical (unpaired) electrons. The smallest absolute Gasteiger partial charge is 0.212 e. The molecule has 0 saturated heterocycles. The second-order valence-corrected chi connectivity index (χ2v) is 2.46. The minimum atomic E-state index is -0.191. The number of carbonyl (C=O) groups is 1. The van der Waals surface area contributed by atoms with E-state index >= 15 is 0 Å². The molecule has 0 aliphatic carbocycles. The van der Waals surface area contributed by atoms with Gasteiger partial charge in [-0.05, 0) is 18.2 Å². The van der Waals surface area contributed by atoms with Crippen LogP contribution in [-0.2, 0) is 0 Å². The van der Waals surface area contributed by atoms with Gasteiger partial charge in [0.2, 0.25) is 5.75 Å². The predicted octanol–water partition coefficient (Wildman–Crippen LogP) is 1.87. The minimum absolute atomic E-state index is 0.0746. The number of carbonyl (C=O) groups excluding carboxylic acids is 1. The van der Waals surface area contributed by atoms with Gasteiger partial charge in [-0.2, -0.15) is 0 Å². The Morgan fingerprint density at radius 2 is 2.25 bits per heavy atom. The van der Waals surface area contributed by atoms with Gasteiger partial charge in [-0.25, -0.2) is 0 Å². The van der Waals surface area contributed by atoms with E-state index in [9.17, 15) is 4.79 Å². The van der Waals surface area contributed by atoms with Crippen LogP contribution in [0.2, 0.25) is 0 Å². The van der Waals surface area contributed by atoms with Crippen LogP contribution in [0.4, 0.5) is 0 Å². The van der Waals surface area contributed by atoms with Crippen LogP contribution in [0.5, 0.6) is 17.2 Å². The molecule has 1 aliphatic heterocycles. The van der Waals surface area contributed by atoms with Crippen LogP contribution < -0.4 is 4.74 Å². The van der Waals surface area contributed by atoms with Crippen molar-refractivity contribution < 1.29 is 14.6 Å². The maximum Gasteiger partial charge on any atom is 0.212 e. The van der Waals surface area contributed by atoms with Gasteiger partial charge in [-0.15, -0.1) is 0 Å². The lowest BCUT2D eigenvalue weighted by Gasteiger charge is -1.89. The second kappa shape index (κ2) is 2.11. The van der Waals surface area contributed by atoms with Crippen LogP contribution in [-0.4, -0.2) is 10.9 Å². The Morgan fingerprint density at radius 3 is 2.92 bits per heavy atom. The third-order valence-electron chi connectivity index (χ3n) is 1.70. The van der Waals surface area contributed by atoms with E-state index in [4.69, 9.17) is 9.84 Å². The second-order valence-electron chi connectivity index (χ2n) is 2.46. The summed E-state index contributed by atoms with van der Waals surface area (Å²) in [5, 5.41) is 9.09. The molecule has 1 aromatic rings. The third kappa shape index (κ3) is 0.797. The van der Waals surface area contributed by atoms with E-state index in [1.165, 1.54) is 18.2 Å². The van der Waals surface area contributed by atoms with Crippen molar-refractivity contribution in [3.8, 4) is 17.2 Å². The fourth-order valence-electron chi connectivity index (χ4n) is 1.04. The van der Waals surface area contributed by atoms with Crippen LogP contribution in [0.25, 0.3) is 0 Å². The molecule has 0 saturated carbocycles. The first-order valence-electron chi connectivity index (χ1n) is 3.44. The lowest BCUT2D eigenvalue weighted by molar-refractivity contribution is 0.104. The van der Waals surface area contributed by atoms with Crippen molar-refractivity contribution >= 4 is 5.78 Å². The lowest BCUT2D eigenvalue weighted by atomic mass is 10.1. The summed E-state index contributed by atoms with van der Waals surface area (Å²) in [7, 11) is 0. The van der Waals surface area contributed by atoms with Gasteiger partial charge in [0.25, 0.3) is 0 Å². The van der Waals surface area contributed by atoms with E-state index in [2.05, 4.69) is 6.58 Å². The number of rotatable bonds is 2. The van der Waals surface area contributed by atoms with E-state index in [-0.39, 0.29) is 11.5 Å². The summed E-state index contributed by atoms with van der Waals surface area (Å²) in [6.45, 7) is 3.36. The van der Waals surface area contributed by atoms with E-state index in [1.54, 1.807) is 0 Å². The number of ketones is 1. The molecule has 0 fully saturated rings. The number of hydrogen-bond acceptors (Lipinski definition) is 3. The van der Waals surface area contributed by atoms with Gasteiger partial charge in [0.15, 0.2) is 17.3 Å². The van der Waals surface area contributed by atoms with Crippen molar-refractivity contribution in [2.45, 2.75) is 0 Å². The Balaban J connectivity index is 2.51. The molecule has 0 unspecified atom stereocenters. The average molecular weight is 162 g/mol. The summed E-state index contributed by atoms with van der Waals surface area (Å²) in [5.74, 6) is 0.761. The van der Waals surface area contributed by atoms with Gasteiger partial charge in [0.05, 0.1) is 5.56 Å². The number of fused-ring (bicyclic) bond motifs is 1. The highest BCUT2D eigenvalue weighted by atomic mass is 16.6. The molecule has 0 aromatic heterocycles. The number of phenols is 1. The number of benzene rings is 1. The highest BCUT2D eigenvalue weighted by molar-refractivity contribution is 6.08. The standard InChI is InChI=1S/C9H6O3/c1-2-6(10)5-3-4-7(11)9-8(5)12-9/h2-4,11H,1H2. The lowest BCUT2D eigenvalue weighted by Crippen LogP contribution is -1.89. The zero-order chi connectivity index (χ0) is 8.72. The summed E-state index contributed by atoms with van der Waals surface area (Å²) >= 11 is 0. The van der Waals surface area contributed by atoms with Crippen molar-refractivity contribution in [1.82, 2.24) is 0 Å². The topological polar surface area (TPSA) is 49.8 Å². The van der Waals surface area contributed by atoms with E-state index in [0.717, 1.165) is 0 Å². The molecule has 12 heavy (non-hydrogen) atoms. The number of hydrogen-bond donors (Lipinski definition) is 1. The first-order valence-corrected chi connectivity index (χ1v) is 3.44. The van der Waals surface area contributed by atoms with Gasteiger partial charge >= 0.3 is 0 Å². The normalized spacial score (nSPS) is 11.3. The number of allylic oxidation sites excluding steroid dienone is 1. The zero-order valence-electron chi connectivity index (χ0n) is 6.20. The summed E-state index contributed by atoms with van der Waals surface area (Å²) in [4.78, 5) is 11.1. The van der Waals surface area contributed by atoms with E-state index in [1.807, 2.05) is 0 Å². The van der Waals surface area contributed by atoms with Crippen LogP contribution >= 0.6 is 0 Å². The third-order valence-corrected chi connectivity index (χ3v) is 1.70. The number of aromatic hydroxyl groups is 1. The summed E-state index contributed by atoms with van der Waals surface area (Å²) in [6, 6.07) is 2.95. The van der Waals surface area contributed by atoms with Gasteiger partial charge in [0.1, 0.15) is 0 Å². The zero-order valence-corrected chi connectivity index (χ0v) is 6.20. The molecule has 3 heteroatoms. The Bertz CT molecular complexity index is 380. The van der Waals surface area contributed by atoms with Crippen LogP contribution in [0, 0.1) is 0 Å². The molecular formula is C9H6O3. The van der Waals surface area contributed by atoms with Crippen molar-refractivity contribution in [3.05, 3.63) is 30.4 Å².